The van der Waals surface area contributed by atoms with Crippen molar-refractivity contribution in [3.05, 3.63) is 76.3 Å². The minimum Gasteiger partial charge on any atom is -0.306 e. The van der Waals surface area contributed by atoms with Crippen molar-refractivity contribution in [2.45, 2.75) is 6.92 Å². The van der Waals surface area contributed by atoms with E-state index < -0.39 is 0 Å². The lowest BCUT2D eigenvalue weighted by molar-refractivity contribution is 0.619. The van der Waals surface area contributed by atoms with E-state index in [1.807, 2.05) is 30.3 Å². The Balaban J connectivity index is 2.19. The summed E-state index contributed by atoms with van der Waals surface area (Å²) in [6, 6.07) is 15.5. The van der Waals surface area contributed by atoms with Crippen molar-refractivity contribution in [3.63, 3.8) is 0 Å². The van der Waals surface area contributed by atoms with Crippen LogP contribution < -0.4 is 5.56 Å². The third-order valence-electron chi connectivity index (χ3n) is 3.33. The molecule has 1 aromatic heterocycles. The smallest absolute Gasteiger partial charge is 0.251 e. The molecule has 104 valence electrons. The van der Waals surface area contributed by atoms with E-state index in [0.717, 1.165) is 5.56 Å². The normalized spacial score (nSPS) is 10.6. The van der Waals surface area contributed by atoms with Gasteiger partial charge in [-0.05, 0) is 18.6 Å². The summed E-state index contributed by atoms with van der Waals surface area (Å²) >= 11 is 0. The fourth-order valence-corrected chi connectivity index (χ4v) is 2.21. The molecule has 4 heteroatoms. The molecule has 0 bridgehead atoms. The third kappa shape index (κ3) is 2.60. The maximum Gasteiger partial charge on any atom is 0.251 e. The first-order valence-electron chi connectivity index (χ1n) is 6.57. The van der Waals surface area contributed by atoms with Crippen molar-refractivity contribution in [1.29, 1.82) is 0 Å². The minimum absolute atomic E-state index is 0.262. The Bertz CT molecular complexity index is 841. The molecule has 1 heterocycles. The van der Waals surface area contributed by atoms with Gasteiger partial charge in [-0.1, -0.05) is 42.5 Å². The van der Waals surface area contributed by atoms with Crippen LogP contribution in [0.1, 0.15) is 5.56 Å². The average Bonchev–Trinajstić information content (AvgIpc) is 2.50. The Morgan fingerprint density at radius 3 is 2.57 bits per heavy atom. The molecule has 3 rings (SSSR count). The van der Waals surface area contributed by atoms with Gasteiger partial charge in [0, 0.05) is 17.2 Å². The minimum atomic E-state index is -0.309. The molecular formula is C17H13FN2O. The second kappa shape index (κ2) is 5.32. The summed E-state index contributed by atoms with van der Waals surface area (Å²) in [5.74, 6) is 0.164. The highest BCUT2D eigenvalue weighted by Gasteiger charge is 2.10. The van der Waals surface area contributed by atoms with E-state index in [2.05, 4.69) is 9.97 Å². The Hall–Kier alpha value is -2.75. The van der Waals surface area contributed by atoms with Crippen molar-refractivity contribution in [3.8, 4) is 22.6 Å². The monoisotopic (exact) mass is 280 g/mol. The van der Waals surface area contributed by atoms with Gasteiger partial charge >= 0.3 is 0 Å². The van der Waals surface area contributed by atoms with Crippen LogP contribution in [0, 0.1) is 12.7 Å². The molecule has 3 nitrogen and oxygen atoms in total. The van der Waals surface area contributed by atoms with Crippen LogP contribution in [0.2, 0.25) is 0 Å². The molecule has 0 saturated carbocycles. The maximum absolute atomic E-state index is 13.7. The molecule has 0 aliphatic heterocycles. The summed E-state index contributed by atoms with van der Waals surface area (Å²) in [7, 11) is 0. The van der Waals surface area contributed by atoms with E-state index in [1.54, 1.807) is 19.1 Å². The largest absolute Gasteiger partial charge is 0.306 e. The van der Waals surface area contributed by atoms with Gasteiger partial charge in [0.2, 0.25) is 0 Å². The lowest BCUT2D eigenvalue weighted by Gasteiger charge is -2.08. The first-order valence-corrected chi connectivity index (χ1v) is 6.57. The number of aromatic nitrogens is 2. The predicted molar refractivity (Wildman–Crippen MR) is 80.4 cm³/mol. The second-order valence-electron chi connectivity index (χ2n) is 4.76. The highest BCUT2D eigenvalue weighted by Crippen LogP contribution is 2.24. The van der Waals surface area contributed by atoms with Crippen molar-refractivity contribution < 1.29 is 4.39 Å². The first-order chi connectivity index (χ1) is 10.1. The molecule has 0 radical (unpaired) electrons. The lowest BCUT2D eigenvalue weighted by atomic mass is 10.0. The number of hydrogen-bond donors (Lipinski definition) is 1. The topological polar surface area (TPSA) is 45.8 Å². The van der Waals surface area contributed by atoms with Gasteiger partial charge < -0.3 is 4.98 Å². The average molecular weight is 280 g/mol. The third-order valence-corrected chi connectivity index (χ3v) is 3.33. The van der Waals surface area contributed by atoms with Gasteiger partial charge in [-0.3, -0.25) is 4.79 Å². The molecule has 0 spiro atoms. The van der Waals surface area contributed by atoms with Gasteiger partial charge in [-0.15, -0.1) is 0 Å². The van der Waals surface area contributed by atoms with Crippen molar-refractivity contribution in [2.75, 3.05) is 0 Å². The molecule has 21 heavy (non-hydrogen) atoms. The second-order valence-corrected chi connectivity index (χ2v) is 4.76. The van der Waals surface area contributed by atoms with E-state index in [1.165, 1.54) is 12.1 Å². The van der Waals surface area contributed by atoms with E-state index in [9.17, 15) is 9.18 Å². The molecule has 3 aromatic rings. The molecule has 0 saturated heterocycles. The van der Waals surface area contributed by atoms with E-state index in [4.69, 9.17) is 0 Å². The van der Waals surface area contributed by atoms with Gasteiger partial charge in [0.05, 0.1) is 5.69 Å². The Morgan fingerprint density at radius 1 is 1.05 bits per heavy atom. The Kier molecular flexibility index (Phi) is 3.36. The maximum atomic E-state index is 13.7. The van der Waals surface area contributed by atoms with Gasteiger partial charge in [0.15, 0.2) is 0 Å². The summed E-state index contributed by atoms with van der Waals surface area (Å²) in [5.41, 5.74) is 2.12. The first kappa shape index (κ1) is 13.2. The highest BCUT2D eigenvalue weighted by molar-refractivity contribution is 5.66. The summed E-state index contributed by atoms with van der Waals surface area (Å²) in [4.78, 5) is 19.0. The molecule has 2 aromatic carbocycles. The zero-order valence-electron chi connectivity index (χ0n) is 11.4. The number of benzene rings is 2. The molecule has 0 fully saturated rings. The fourth-order valence-electron chi connectivity index (χ4n) is 2.21. The Labute approximate surface area is 121 Å². The van der Waals surface area contributed by atoms with Crippen LogP contribution in [0.4, 0.5) is 4.39 Å². The van der Waals surface area contributed by atoms with Crippen molar-refractivity contribution in [2.24, 2.45) is 0 Å². The number of hydrogen-bond acceptors (Lipinski definition) is 2. The Morgan fingerprint density at radius 2 is 1.81 bits per heavy atom. The molecular weight excluding hydrogens is 267 g/mol. The van der Waals surface area contributed by atoms with E-state index in [0.29, 0.717) is 22.6 Å². The van der Waals surface area contributed by atoms with Crippen molar-refractivity contribution in [1.82, 2.24) is 9.97 Å². The molecule has 0 aliphatic carbocycles. The standard InChI is InChI=1S/C17H13FN2O/c1-11-13(8-5-9-14(11)18)15-10-16(21)20-17(19-15)12-6-3-2-4-7-12/h2-10H,1H3,(H,19,20,21). The number of aromatic amines is 1. The molecule has 0 atom stereocenters. The van der Waals surface area contributed by atoms with Crippen LogP contribution >= 0.6 is 0 Å². The predicted octanol–water partition coefficient (Wildman–Crippen LogP) is 3.55. The van der Waals surface area contributed by atoms with Crippen LogP contribution in [-0.2, 0) is 0 Å². The van der Waals surface area contributed by atoms with Crippen LogP contribution in [0.25, 0.3) is 22.6 Å². The van der Waals surface area contributed by atoms with Crippen LogP contribution in [0.15, 0.2) is 59.4 Å². The fraction of sp³-hybridized carbons (Fsp3) is 0.0588. The molecule has 0 amide bonds. The number of rotatable bonds is 2. The van der Waals surface area contributed by atoms with Crippen LogP contribution in [-0.4, -0.2) is 9.97 Å². The van der Waals surface area contributed by atoms with E-state index in [-0.39, 0.29) is 11.4 Å². The van der Waals surface area contributed by atoms with Gasteiger partial charge in [0.1, 0.15) is 11.6 Å². The number of nitrogens with zero attached hydrogens (tertiary/aromatic N) is 1. The summed E-state index contributed by atoms with van der Waals surface area (Å²) < 4.78 is 13.7. The molecule has 0 aliphatic rings. The number of H-pyrrole nitrogens is 1. The zero-order chi connectivity index (χ0) is 14.8. The van der Waals surface area contributed by atoms with Gasteiger partial charge in [0.25, 0.3) is 5.56 Å². The van der Waals surface area contributed by atoms with Gasteiger partial charge in [-0.25, -0.2) is 9.37 Å². The number of nitrogens with one attached hydrogen (secondary N) is 1. The molecule has 1 N–H and O–H groups in total. The molecule has 0 unspecified atom stereocenters. The SMILES string of the molecule is Cc1c(F)cccc1-c1cc(=O)[nH]c(-c2ccccc2)n1. The summed E-state index contributed by atoms with van der Waals surface area (Å²) in [6.45, 7) is 1.68. The lowest BCUT2D eigenvalue weighted by Crippen LogP contribution is -2.09. The quantitative estimate of drug-likeness (QED) is 0.780. The zero-order valence-corrected chi connectivity index (χ0v) is 11.4. The summed E-state index contributed by atoms with van der Waals surface area (Å²) in [5, 5.41) is 0. The van der Waals surface area contributed by atoms with E-state index >= 15 is 0 Å². The van der Waals surface area contributed by atoms with Crippen LogP contribution in [0.3, 0.4) is 0 Å². The number of halogens is 1. The summed E-state index contributed by atoms with van der Waals surface area (Å²) in [6.07, 6.45) is 0. The van der Waals surface area contributed by atoms with Gasteiger partial charge in [-0.2, -0.15) is 0 Å². The highest BCUT2D eigenvalue weighted by atomic mass is 19.1. The van der Waals surface area contributed by atoms with Crippen LogP contribution in [0.5, 0.6) is 0 Å². The van der Waals surface area contributed by atoms with Crippen molar-refractivity contribution >= 4 is 0 Å².